The maximum absolute atomic E-state index is 3.52. The van der Waals surface area contributed by atoms with Gasteiger partial charge in [-0.15, -0.1) is 0 Å². The van der Waals surface area contributed by atoms with Gasteiger partial charge in [-0.05, 0) is 52.7 Å². The molecule has 0 aliphatic carbocycles. The third-order valence-electron chi connectivity index (χ3n) is 2.83. The first-order valence-electron chi connectivity index (χ1n) is 5.71. The minimum Gasteiger partial charge on any atom is -0.312 e. The van der Waals surface area contributed by atoms with Crippen LogP contribution < -0.4 is 5.32 Å². The van der Waals surface area contributed by atoms with Crippen molar-refractivity contribution in [3.05, 3.63) is 33.4 Å². The molecule has 0 bridgehead atoms. The van der Waals surface area contributed by atoms with Gasteiger partial charge in [-0.2, -0.15) is 0 Å². The summed E-state index contributed by atoms with van der Waals surface area (Å²) >= 11 is 2.34. The number of hydrogen-bond acceptors (Lipinski definition) is 1. The van der Waals surface area contributed by atoms with Crippen molar-refractivity contribution in [3.63, 3.8) is 0 Å². The second kappa shape index (κ2) is 7.23. The summed E-state index contributed by atoms with van der Waals surface area (Å²) in [6.45, 7) is 6.66. The molecule has 2 heteroatoms. The van der Waals surface area contributed by atoms with Crippen LogP contribution in [0.1, 0.15) is 32.3 Å². The van der Waals surface area contributed by atoms with Gasteiger partial charge in [-0.3, -0.25) is 0 Å². The van der Waals surface area contributed by atoms with E-state index >= 15 is 0 Å². The molecule has 0 aliphatic heterocycles. The molecule has 0 spiro atoms. The van der Waals surface area contributed by atoms with E-state index in [-0.39, 0.29) is 0 Å². The lowest BCUT2D eigenvalue weighted by Crippen LogP contribution is -2.21. The zero-order valence-electron chi connectivity index (χ0n) is 9.59. The van der Waals surface area contributed by atoms with Crippen molar-refractivity contribution in [1.82, 2.24) is 5.32 Å². The highest BCUT2D eigenvalue weighted by atomic mass is 127. The zero-order valence-corrected chi connectivity index (χ0v) is 11.8. The van der Waals surface area contributed by atoms with E-state index in [2.05, 4.69) is 66.0 Å². The SMILES string of the molecule is CCC(CC)CNCc1ccc(I)cc1. The molecule has 0 aliphatic rings. The van der Waals surface area contributed by atoms with E-state index in [1.54, 1.807) is 0 Å². The number of hydrogen-bond donors (Lipinski definition) is 1. The fourth-order valence-electron chi connectivity index (χ4n) is 1.60. The molecule has 0 unspecified atom stereocenters. The van der Waals surface area contributed by atoms with Gasteiger partial charge in [0.15, 0.2) is 0 Å². The standard InChI is InChI=1S/C13H20IN/c1-3-11(4-2)9-15-10-12-5-7-13(14)8-6-12/h5-8,11,15H,3-4,9-10H2,1-2H3. The van der Waals surface area contributed by atoms with Crippen molar-refractivity contribution in [2.24, 2.45) is 5.92 Å². The van der Waals surface area contributed by atoms with E-state index in [0.717, 1.165) is 19.0 Å². The van der Waals surface area contributed by atoms with E-state index in [1.165, 1.54) is 22.0 Å². The lowest BCUT2D eigenvalue weighted by molar-refractivity contribution is 0.449. The third-order valence-corrected chi connectivity index (χ3v) is 3.55. The van der Waals surface area contributed by atoms with Gasteiger partial charge in [-0.1, -0.05) is 38.8 Å². The minimum atomic E-state index is 0.828. The van der Waals surface area contributed by atoms with Gasteiger partial charge in [0.1, 0.15) is 0 Å². The van der Waals surface area contributed by atoms with Crippen LogP contribution in [0.2, 0.25) is 0 Å². The summed E-state index contributed by atoms with van der Waals surface area (Å²) in [7, 11) is 0. The van der Waals surface area contributed by atoms with E-state index < -0.39 is 0 Å². The Bertz CT molecular complexity index is 264. The second-order valence-corrected chi connectivity index (χ2v) is 5.19. The fraction of sp³-hybridized carbons (Fsp3) is 0.538. The number of halogens is 1. The molecule has 84 valence electrons. The first kappa shape index (κ1) is 13.0. The van der Waals surface area contributed by atoms with E-state index in [1.807, 2.05) is 0 Å². The Morgan fingerprint density at radius 1 is 1.13 bits per heavy atom. The summed E-state index contributed by atoms with van der Waals surface area (Å²) in [5.41, 5.74) is 1.38. The van der Waals surface area contributed by atoms with Crippen molar-refractivity contribution in [2.45, 2.75) is 33.2 Å². The molecule has 0 aromatic heterocycles. The Morgan fingerprint density at radius 2 is 1.73 bits per heavy atom. The zero-order chi connectivity index (χ0) is 11.1. The highest BCUT2D eigenvalue weighted by Crippen LogP contribution is 2.08. The Labute approximate surface area is 107 Å². The molecule has 1 N–H and O–H groups in total. The largest absolute Gasteiger partial charge is 0.312 e. The van der Waals surface area contributed by atoms with Crippen LogP contribution >= 0.6 is 22.6 Å². The van der Waals surface area contributed by atoms with E-state index in [9.17, 15) is 0 Å². The molecule has 15 heavy (non-hydrogen) atoms. The van der Waals surface area contributed by atoms with Crippen molar-refractivity contribution in [1.29, 1.82) is 0 Å². The summed E-state index contributed by atoms with van der Waals surface area (Å²) in [4.78, 5) is 0. The van der Waals surface area contributed by atoms with Crippen LogP contribution in [0.25, 0.3) is 0 Å². The van der Waals surface area contributed by atoms with Crippen LogP contribution in [0.4, 0.5) is 0 Å². The van der Waals surface area contributed by atoms with Gasteiger partial charge in [0.05, 0.1) is 0 Å². The fourth-order valence-corrected chi connectivity index (χ4v) is 1.96. The monoisotopic (exact) mass is 317 g/mol. The van der Waals surface area contributed by atoms with Gasteiger partial charge < -0.3 is 5.32 Å². The van der Waals surface area contributed by atoms with Gasteiger partial charge >= 0.3 is 0 Å². The molecular formula is C13H20IN. The Hall–Kier alpha value is -0.0900. The first-order chi connectivity index (χ1) is 7.26. The Morgan fingerprint density at radius 3 is 2.27 bits per heavy atom. The topological polar surface area (TPSA) is 12.0 Å². The number of nitrogens with one attached hydrogen (secondary N) is 1. The molecule has 0 heterocycles. The Kier molecular flexibility index (Phi) is 6.25. The van der Waals surface area contributed by atoms with Crippen LogP contribution in [0.5, 0.6) is 0 Å². The highest BCUT2D eigenvalue weighted by Gasteiger charge is 2.01. The molecule has 0 saturated heterocycles. The lowest BCUT2D eigenvalue weighted by Gasteiger charge is -2.13. The van der Waals surface area contributed by atoms with Crippen LogP contribution in [0.3, 0.4) is 0 Å². The third kappa shape index (κ3) is 4.98. The van der Waals surface area contributed by atoms with Gasteiger partial charge in [0.25, 0.3) is 0 Å². The minimum absolute atomic E-state index is 0.828. The molecule has 1 aromatic carbocycles. The predicted molar refractivity (Wildman–Crippen MR) is 74.9 cm³/mol. The summed E-state index contributed by atoms with van der Waals surface area (Å²) in [6.07, 6.45) is 2.55. The molecule has 1 rings (SSSR count). The highest BCUT2D eigenvalue weighted by molar-refractivity contribution is 14.1. The number of rotatable bonds is 6. The van der Waals surface area contributed by atoms with Crippen LogP contribution in [-0.4, -0.2) is 6.54 Å². The summed E-state index contributed by atoms with van der Waals surface area (Å²) in [5.74, 6) is 0.828. The molecule has 1 nitrogen and oxygen atoms in total. The van der Waals surface area contributed by atoms with E-state index in [4.69, 9.17) is 0 Å². The smallest absolute Gasteiger partial charge is 0.0205 e. The van der Waals surface area contributed by atoms with Crippen LogP contribution in [-0.2, 0) is 6.54 Å². The first-order valence-corrected chi connectivity index (χ1v) is 6.79. The maximum atomic E-state index is 3.52. The van der Waals surface area contributed by atoms with Gasteiger partial charge in [0, 0.05) is 10.1 Å². The van der Waals surface area contributed by atoms with Crippen molar-refractivity contribution < 1.29 is 0 Å². The van der Waals surface area contributed by atoms with Crippen molar-refractivity contribution in [2.75, 3.05) is 6.54 Å². The molecule has 1 aromatic rings. The normalized spacial score (nSPS) is 10.9. The summed E-state index contributed by atoms with van der Waals surface area (Å²) < 4.78 is 1.30. The van der Waals surface area contributed by atoms with E-state index in [0.29, 0.717) is 0 Å². The van der Waals surface area contributed by atoms with Crippen LogP contribution in [0, 0.1) is 9.49 Å². The second-order valence-electron chi connectivity index (χ2n) is 3.94. The quantitative estimate of drug-likeness (QED) is 0.787. The van der Waals surface area contributed by atoms with Gasteiger partial charge in [0.2, 0.25) is 0 Å². The van der Waals surface area contributed by atoms with Crippen molar-refractivity contribution in [3.8, 4) is 0 Å². The van der Waals surface area contributed by atoms with Crippen molar-refractivity contribution >= 4 is 22.6 Å². The molecule has 0 fully saturated rings. The molecular weight excluding hydrogens is 297 g/mol. The Balaban J connectivity index is 2.28. The molecule has 0 amide bonds. The van der Waals surface area contributed by atoms with Gasteiger partial charge in [-0.25, -0.2) is 0 Å². The molecule has 0 saturated carbocycles. The number of benzene rings is 1. The van der Waals surface area contributed by atoms with Crippen LogP contribution in [0.15, 0.2) is 24.3 Å². The lowest BCUT2D eigenvalue weighted by atomic mass is 10.0. The average molecular weight is 317 g/mol. The average Bonchev–Trinajstić information content (AvgIpc) is 2.27. The molecule has 0 atom stereocenters. The summed E-state index contributed by atoms with van der Waals surface area (Å²) in [5, 5.41) is 3.52. The predicted octanol–water partition coefficient (Wildman–Crippen LogP) is 3.82. The summed E-state index contributed by atoms with van der Waals surface area (Å²) in [6, 6.07) is 8.72. The maximum Gasteiger partial charge on any atom is 0.0205 e. The molecule has 0 radical (unpaired) electrons.